The fourth-order valence-corrected chi connectivity index (χ4v) is 3.34. The number of ether oxygens (including phenoxy) is 1. The lowest BCUT2D eigenvalue weighted by Crippen LogP contribution is -2.48. The monoisotopic (exact) mass is 325 g/mol. The Bertz CT molecular complexity index is 484. The summed E-state index contributed by atoms with van der Waals surface area (Å²) in [7, 11) is 2.11. The Morgan fingerprint density at radius 1 is 1.36 bits per heavy atom. The average molecular weight is 325 g/mol. The third-order valence-corrected chi connectivity index (χ3v) is 4.74. The fourth-order valence-electron chi connectivity index (χ4n) is 2.48. The number of carbonyl (C=O) groups excluding carboxylic acids is 2. The van der Waals surface area contributed by atoms with Crippen LogP contribution >= 0.6 is 11.3 Å². The van der Waals surface area contributed by atoms with Crippen LogP contribution in [0, 0.1) is 0 Å². The molecule has 1 amide bonds. The van der Waals surface area contributed by atoms with Crippen LogP contribution in [0.15, 0.2) is 17.5 Å². The number of hydrogen-bond acceptors (Lipinski definition) is 6. The Labute approximate surface area is 135 Å². The van der Waals surface area contributed by atoms with Gasteiger partial charge >= 0.3 is 11.9 Å². The van der Waals surface area contributed by atoms with Crippen molar-refractivity contribution < 1.29 is 14.3 Å². The highest BCUT2D eigenvalue weighted by Crippen LogP contribution is 2.25. The molecule has 1 aromatic heterocycles. The zero-order valence-electron chi connectivity index (χ0n) is 13.1. The molecule has 0 radical (unpaired) electrons. The number of esters is 1. The molecule has 1 unspecified atom stereocenters. The zero-order chi connectivity index (χ0) is 15.9. The SMILES string of the molecule is CCOC(=O)C(=O)NCC(c1cccs1)N1CCN(C)CC1. The van der Waals surface area contributed by atoms with Crippen molar-refractivity contribution in [3.05, 3.63) is 22.4 Å². The normalized spacial score (nSPS) is 17.9. The summed E-state index contributed by atoms with van der Waals surface area (Å²) in [5.41, 5.74) is 0. The molecule has 1 N–H and O–H groups in total. The van der Waals surface area contributed by atoms with Gasteiger partial charge in [0.2, 0.25) is 0 Å². The third-order valence-electron chi connectivity index (χ3n) is 3.77. The van der Waals surface area contributed by atoms with Crippen molar-refractivity contribution in [3.63, 3.8) is 0 Å². The topological polar surface area (TPSA) is 61.9 Å². The molecule has 0 aromatic carbocycles. The summed E-state index contributed by atoms with van der Waals surface area (Å²) in [6.45, 7) is 6.23. The molecule has 2 heterocycles. The van der Waals surface area contributed by atoms with E-state index < -0.39 is 11.9 Å². The molecule has 1 aliphatic heterocycles. The minimum Gasteiger partial charge on any atom is -0.459 e. The lowest BCUT2D eigenvalue weighted by Gasteiger charge is -2.37. The molecule has 22 heavy (non-hydrogen) atoms. The molecule has 1 fully saturated rings. The van der Waals surface area contributed by atoms with Gasteiger partial charge in [-0.15, -0.1) is 11.3 Å². The molecule has 0 spiro atoms. The van der Waals surface area contributed by atoms with Gasteiger partial charge in [-0.2, -0.15) is 0 Å². The van der Waals surface area contributed by atoms with Gasteiger partial charge in [-0.05, 0) is 25.4 Å². The van der Waals surface area contributed by atoms with Crippen molar-refractivity contribution in [2.24, 2.45) is 0 Å². The molecule has 1 aliphatic rings. The van der Waals surface area contributed by atoms with Gasteiger partial charge in [-0.25, -0.2) is 4.79 Å². The third kappa shape index (κ3) is 4.53. The molecule has 2 rings (SSSR count). The number of rotatable bonds is 5. The van der Waals surface area contributed by atoms with E-state index in [2.05, 4.69) is 28.2 Å². The number of piperazine rings is 1. The van der Waals surface area contributed by atoms with Crippen LogP contribution in [0.25, 0.3) is 0 Å². The van der Waals surface area contributed by atoms with Crippen molar-refractivity contribution in [3.8, 4) is 0 Å². The summed E-state index contributed by atoms with van der Waals surface area (Å²) in [6.07, 6.45) is 0. The summed E-state index contributed by atoms with van der Waals surface area (Å²) in [6, 6.07) is 4.19. The lowest BCUT2D eigenvalue weighted by atomic mass is 10.1. The maximum Gasteiger partial charge on any atom is 0.396 e. The number of amides is 1. The first-order chi connectivity index (χ1) is 10.6. The van der Waals surface area contributed by atoms with E-state index in [-0.39, 0.29) is 12.6 Å². The number of carbonyl (C=O) groups is 2. The Hall–Kier alpha value is -1.44. The van der Waals surface area contributed by atoms with E-state index >= 15 is 0 Å². The van der Waals surface area contributed by atoms with Crippen molar-refractivity contribution in [1.29, 1.82) is 0 Å². The second-order valence-electron chi connectivity index (χ2n) is 5.30. The first-order valence-electron chi connectivity index (χ1n) is 7.52. The van der Waals surface area contributed by atoms with Crippen LogP contribution in [0.2, 0.25) is 0 Å². The van der Waals surface area contributed by atoms with E-state index in [1.807, 2.05) is 11.4 Å². The van der Waals surface area contributed by atoms with E-state index in [0.717, 1.165) is 26.2 Å². The average Bonchev–Trinajstić information content (AvgIpc) is 3.03. The highest BCUT2D eigenvalue weighted by Gasteiger charge is 2.26. The van der Waals surface area contributed by atoms with Crippen LogP contribution in [-0.4, -0.2) is 68.1 Å². The summed E-state index contributed by atoms with van der Waals surface area (Å²) >= 11 is 1.67. The molecular formula is C15H23N3O3S. The van der Waals surface area contributed by atoms with Gasteiger partial charge in [0.25, 0.3) is 0 Å². The molecule has 7 heteroatoms. The highest BCUT2D eigenvalue weighted by molar-refractivity contribution is 7.10. The van der Waals surface area contributed by atoms with E-state index in [0.29, 0.717) is 6.54 Å². The van der Waals surface area contributed by atoms with Gasteiger partial charge in [-0.3, -0.25) is 9.69 Å². The summed E-state index contributed by atoms with van der Waals surface area (Å²) in [4.78, 5) is 29.0. The molecule has 0 bridgehead atoms. The Balaban J connectivity index is 1.97. The predicted octanol–water partition coefficient (Wildman–Crippen LogP) is 0.716. The molecule has 6 nitrogen and oxygen atoms in total. The maximum absolute atomic E-state index is 11.7. The fraction of sp³-hybridized carbons (Fsp3) is 0.600. The smallest absolute Gasteiger partial charge is 0.396 e. The van der Waals surface area contributed by atoms with Crippen LogP contribution in [0.5, 0.6) is 0 Å². The summed E-state index contributed by atoms with van der Waals surface area (Å²) < 4.78 is 4.72. The van der Waals surface area contributed by atoms with Gasteiger partial charge in [0, 0.05) is 37.6 Å². The van der Waals surface area contributed by atoms with Gasteiger partial charge < -0.3 is 15.0 Å². The second kappa shape index (κ2) is 8.26. The largest absolute Gasteiger partial charge is 0.459 e. The standard InChI is InChI=1S/C15H23N3O3S/c1-3-21-15(20)14(19)16-11-12(13-5-4-10-22-13)18-8-6-17(2)7-9-18/h4-5,10,12H,3,6-9,11H2,1-2H3,(H,16,19). The molecule has 122 valence electrons. The van der Waals surface area contributed by atoms with Gasteiger partial charge in [0.1, 0.15) is 0 Å². The molecule has 0 saturated carbocycles. The minimum absolute atomic E-state index is 0.104. The first-order valence-corrected chi connectivity index (χ1v) is 8.40. The number of nitrogens with zero attached hydrogens (tertiary/aromatic N) is 2. The van der Waals surface area contributed by atoms with Gasteiger partial charge in [0.15, 0.2) is 0 Å². The molecule has 1 atom stereocenters. The van der Waals surface area contributed by atoms with E-state index in [1.54, 1.807) is 18.3 Å². The van der Waals surface area contributed by atoms with E-state index in [4.69, 9.17) is 4.74 Å². The number of hydrogen-bond donors (Lipinski definition) is 1. The van der Waals surface area contributed by atoms with E-state index in [1.165, 1.54) is 4.88 Å². The van der Waals surface area contributed by atoms with Crippen LogP contribution in [0.1, 0.15) is 17.8 Å². The Morgan fingerprint density at radius 3 is 2.68 bits per heavy atom. The summed E-state index contributed by atoms with van der Waals surface area (Å²) in [5.74, 6) is -1.48. The summed E-state index contributed by atoms with van der Waals surface area (Å²) in [5, 5.41) is 4.74. The van der Waals surface area contributed by atoms with Crippen molar-refractivity contribution in [2.45, 2.75) is 13.0 Å². The Morgan fingerprint density at radius 2 is 2.09 bits per heavy atom. The molecule has 0 aliphatic carbocycles. The lowest BCUT2D eigenvalue weighted by molar-refractivity contribution is -0.154. The van der Waals surface area contributed by atoms with Crippen LogP contribution in [0.3, 0.4) is 0 Å². The van der Waals surface area contributed by atoms with Crippen LogP contribution in [-0.2, 0) is 14.3 Å². The van der Waals surface area contributed by atoms with Crippen LogP contribution < -0.4 is 5.32 Å². The van der Waals surface area contributed by atoms with Crippen molar-refractivity contribution >= 4 is 23.2 Å². The van der Waals surface area contributed by atoms with Gasteiger partial charge in [-0.1, -0.05) is 6.07 Å². The highest BCUT2D eigenvalue weighted by atomic mass is 32.1. The first kappa shape index (κ1) is 16.9. The maximum atomic E-state index is 11.7. The number of nitrogens with one attached hydrogen (secondary N) is 1. The zero-order valence-corrected chi connectivity index (χ0v) is 13.9. The van der Waals surface area contributed by atoms with Gasteiger partial charge in [0.05, 0.1) is 12.6 Å². The molecular weight excluding hydrogens is 302 g/mol. The minimum atomic E-state index is -0.814. The predicted molar refractivity (Wildman–Crippen MR) is 85.8 cm³/mol. The quantitative estimate of drug-likeness (QED) is 0.638. The van der Waals surface area contributed by atoms with E-state index in [9.17, 15) is 9.59 Å². The second-order valence-corrected chi connectivity index (χ2v) is 6.28. The number of likely N-dealkylation sites (N-methyl/N-ethyl adjacent to an activating group) is 1. The van der Waals surface area contributed by atoms with Crippen LogP contribution in [0.4, 0.5) is 0 Å². The molecule has 1 aromatic rings. The van der Waals surface area contributed by atoms with Crippen molar-refractivity contribution in [2.75, 3.05) is 46.4 Å². The Kier molecular flexibility index (Phi) is 6.35. The molecule has 1 saturated heterocycles. The number of thiophene rings is 1. The van der Waals surface area contributed by atoms with Crippen molar-refractivity contribution in [1.82, 2.24) is 15.1 Å².